The highest BCUT2D eigenvalue weighted by molar-refractivity contribution is 6.10. The Morgan fingerprint density at radius 2 is 1.00 bits per heavy atom. The number of hydrogen-bond acceptors (Lipinski definition) is 1. The molecule has 0 fully saturated rings. The SMILES string of the molecule is CCCCCCCCCCCCC(=O)c1ccc2[nH]c3ccc(CCCCCCCCCCCC)cc3c2c1. The minimum Gasteiger partial charge on any atom is -0.355 e. The van der Waals surface area contributed by atoms with Crippen molar-refractivity contribution in [3.8, 4) is 0 Å². The van der Waals surface area contributed by atoms with E-state index in [1.165, 1.54) is 144 Å². The van der Waals surface area contributed by atoms with Crippen LogP contribution in [0.1, 0.15) is 165 Å². The van der Waals surface area contributed by atoms with Gasteiger partial charge in [-0.2, -0.15) is 0 Å². The number of hydrogen-bond donors (Lipinski definition) is 1. The number of benzene rings is 2. The fraction of sp³-hybridized carbons (Fsp3) is 0.649. The van der Waals surface area contributed by atoms with Gasteiger partial charge < -0.3 is 4.98 Å². The summed E-state index contributed by atoms with van der Waals surface area (Å²) in [5, 5.41) is 2.46. The van der Waals surface area contributed by atoms with Crippen molar-refractivity contribution in [3.05, 3.63) is 47.5 Å². The molecule has 3 rings (SSSR count). The zero-order chi connectivity index (χ0) is 27.5. The first-order chi connectivity index (χ1) is 19.2. The molecule has 0 saturated carbocycles. The Balaban J connectivity index is 1.40. The third-order valence-corrected chi connectivity index (χ3v) is 8.56. The quantitative estimate of drug-likeness (QED) is 0.0957. The Labute approximate surface area is 239 Å². The molecule has 0 radical (unpaired) electrons. The molecule has 0 saturated heterocycles. The average molecular weight is 532 g/mol. The van der Waals surface area contributed by atoms with Crippen LogP contribution in [0.25, 0.3) is 21.8 Å². The van der Waals surface area contributed by atoms with Gasteiger partial charge in [-0.05, 0) is 55.2 Å². The fourth-order valence-corrected chi connectivity index (χ4v) is 6.01. The lowest BCUT2D eigenvalue weighted by molar-refractivity contribution is 0.0979. The lowest BCUT2D eigenvalue weighted by atomic mass is 10.00. The number of aromatic amines is 1. The van der Waals surface area contributed by atoms with E-state index in [0.717, 1.165) is 23.9 Å². The van der Waals surface area contributed by atoms with E-state index in [0.29, 0.717) is 12.2 Å². The maximum Gasteiger partial charge on any atom is 0.162 e. The van der Waals surface area contributed by atoms with E-state index >= 15 is 0 Å². The molecule has 0 aliphatic heterocycles. The van der Waals surface area contributed by atoms with Crippen molar-refractivity contribution in [2.45, 2.75) is 155 Å². The molecule has 0 aliphatic rings. The molecule has 3 aromatic rings. The number of H-pyrrole nitrogens is 1. The first-order valence-electron chi connectivity index (χ1n) is 16.8. The predicted octanol–water partition coefficient (Wildman–Crippen LogP) is 12.3. The zero-order valence-corrected chi connectivity index (χ0v) is 25.4. The Morgan fingerprint density at radius 3 is 1.56 bits per heavy atom. The van der Waals surface area contributed by atoms with Crippen LogP contribution in [0.3, 0.4) is 0 Å². The summed E-state index contributed by atoms with van der Waals surface area (Å²) in [6.07, 6.45) is 28.6. The number of fused-ring (bicyclic) bond motifs is 3. The summed E-state index contributed by atoms with van der Waals surface area (Å²) < 4.78 is 0. The van der Waals surface area contributed by atoms with Crippen LogP contribution in [-0.4, -0.2) is 10.8 Å². The van der Waals surface area contributed by atoms with Gasteiger partial charge in [-0.15, -0.1) is 0 Å². The summed E-state index contributed by atoms with van der Waals surface area (Å²) in [5.41, 5.74) is 4.61. The number of carbonyl (C=O) groups is 1. The molecule has 0 spiro atoms. The summed E-state index contributed by atoms with van der Waals surface area (Å²) in [6, 6.07) is 13.1. The Kier molecular flexibility index (Phi) is 15.4. The first-order valence-corrected chi connectivity index (χ1v) is 16.8. The highest BCUT2D eigenvalue weighted by Gasteiger charge is 2.11. The first kappa shape index (κ1) is 31.4. The lowest BCUT2D eigenvalue weighted by Crippen LogP contribution is -1.98. The second kappa shape index (κ2) is 19.1. The third kappa shape index (κ3) is 11.5. The number of aromatic nitrogens is 1. The maximum absolute atomic E-state index is 13.0. The number of nitrogens with one attached hydrogen (secondary N) is 1. The molecule has 2 nitrogen and oxygen atoms in total. The maximum atomic E-state index is 13.0. The van der Waals surface area contributed by atoms with Crippen LogP contribution in [0.15, 0.2) is 36.4 Å². The molecule has 1 aromatic heterocycles. The van der Waals surface area contributed by atoms with Crippen molar-refractivity contribution in [2.75, 3.05) is 0 Å². The van der Waals surface area contributed by atoms with Crippen LogP contribution >= 0.6 is 0 Å². The Bertz CT molecular complexity index is 1080. The molecule has 1 heterocycles. The van der Waals surface area contributed by atoms with Crippen molar-refractivity contribution < 1.29 is 4.79 Å². The summed E-state index contributed by atoms with van der Waals surface area (Å²) in [4.78, 5) is 16.5. The Morgan fingerprint density at radius 1 is 0.538 bits per heavy atom. The van der Waals surface area contributed by atoms with E-state index in [1.807, 2.05) is 6.07 Å². The van der Waals surface area contributed by atoms with Crippen LogP contribution in [0.2, 0.25) is 0 Å². The van der Waals surface area contributed by atoms with Gasteiger partial charge in [-0.25, -0.2) is 0 Å². The summed E-state index contributed by atoms with van der Waals surface area (Å²) in [7, 11) is 0. The molecule has 1 N–H and O–H groups in total. The van der Waals surface area contributed by atoms with Gasteiger partial charge in [0.2, 0.25) is 0 Å². The second-order valence-electron chi connectivity index (χ2n) is 12.1. The van der Waals surface area contributed by atoms with E-state index in [9.17, 15) is 4.79 Å². The van der Waals surface area contributed by atoms with Crippen LogP contribution in [0, 0.1) is 0 Å². The van der Waals surface area contributed by atoms with Gasteiger partial charge in [0.05, 0.1) is 0 Å². The molecule has 0 aliphatic carbocycles. The van der Waals surface area contributed by atoms with Crippen LogP contribution < -0.4 is 0 Å². The number of rotatable bonds is 23. The van der Waals surface area contributed by atoms with E-state index in [1.54, 1.807) is 0 Å². The molecule has 2 heteroatoms. The van der Waals surface area contributed by atoms with Crippen molar-refractivity contribution in [1.82, 2.24) is 4.98 Å². The highest BCUT2D eigenvalue weighted by atomic mass is 16.1. The van der Waals surface area contributed by atoms with Crippen molar-refractivity contribution in [1.29, 1.82) is 0 Å². The number of aryl methyl sites for hydroxylation is 1. The smallest absolute Gasteiger partial charge is 0.162 e. The molecule has 216 valence electrons. The molecule has 2 aromatic carbocycles. The summed E-state index contributed by atoms with van der Waals surface area (Å²) >= 11 is 0. The Hall–Kier alpha value is -2.09. The van der Waals surface area contributed by atoms with Crippen LogP contribution in [0.5, 0.6) is 0 Å². The number of ketones is 1. The van der Waals surface area contributed by atoms with Gasteiger partial charge in [-0.1, -0.05) is 135 Å². The van der Waals surface area contributed by atoms with Crippen molar-refractivity contribution in [2.24, 2.45) is 0 Å². The van der Waals surface area contributed by atoms with Gasteiger partial charge in [0.1, 0.15) is 0 Å². The zero-order valence-electron chi connectivity index (χ0n) is 25.4. The third-order valence-electron chi connectivity index (χ3n) is 8.56. The molecule has 0 amide bonds. The summed E-state index contributed by atoms with van der Waals surface area (Å²) in [5.74, 6) is 0.298. The van der Waals surface area contributed by atoms with E-state index in [4.69, 9.17) is 0 Å². The summed E-state index contributed by atoms with van der Waals surface area (Å²) in [6.45, 7) is 4.56. The van der Waals surface area contributed by atoms with Gasteiger partial charge in [0, 0.05) is 33.8 Å². The van der Waals surface area contributed by atoms with E-state index < -0.39 is 0 Å². The van der Waals surface area contributed by atoms with Crippen LogP contribution in [-0.2, 0) is 6.42 Å². The average Bonchev–Trinajstić information content (AvgIpc) is 3.32. The van der Waals surface area contributed by atoms with Gasteiger partial charge in [-0.3, -0.25) is 4.79 Å². The van der Waals surface area contributed by atoms with Gasteiger partial charge in [0.25, 0.3) is 0 Å². The van der Waals surface area contributed by atoms with Crippen molar-refractivity contribution in [3.63, 3.8) is 0 Å². The van der Waals surface area contributed by atoms with E-state index in [-0.39, 0.29) is 0 Å². The fourth-order valence-electron chi connectivity index (χ4n) is 6.01. The number of carbonyl (C=O) groups excluding carboxylic acids is 1. The standard InChI is InChI=1S/C37H57NO/c1-3-5-7-9-11-13-15-17-19-21-23-31-25-27-35-33(29-31)34-30-32(26-28-36(34)38-35)37(39)24-22-20-18-16-14-12-10-8-6-4-2/h25-30,38H,3-24H2,1-2H3. The normalized spacial score (nSPS) is 11.6. The lowest BCUT2D eigenvalue weighted by Gasteiger charge is -2.05. The minimum atomic E-state index is 0.298. The van der Waals surface area contributed by atoms with Gasteiger partial charge >= 0.3 is 0 Å². The molecule has 39 heavy (non-hydrogen) atoms. The number of Topliss-reactive ketones (excluding diaryl/α,β-unsaturated/α-hetero) is 1. The minimum absolute atomic E-state index is 0.298. The molecule has 0 atom stereocenters. The predicted molar refractivity (Wildman–Crippen MR) is 172 cm³/mol. The second-order valence-corrected chi connectivity index (χ2v) is 12.1. The molecular formula is C37H57NO. The van der Waals surface area contributed by atoms with Gasteiger partial charge in [0.15, 0.2) is 5.78 Å². The van der Waals surface area contributed by atoms with Crippen LogP contribution in [0.4, 0.5) is 0 Å². The van der Waals surface area contributed by atoms with E-state index in [2.05, 4.69) is 49.2 Å². The molecule has 0 bridgehead atoms. The molecule has 0 unspecified atom stereocenters. The number of unbranched alkanes of at least 4 members (excludes halogenated alkanes) is 18. The largest absolute Gasteiger partial charge is 0.355 e. The topological polar surface area (TPSA) is 32.9 Å². The molecular weight excluding hydrogens is 474 g/mol. The van der Waals surface area contributed by atoms with Crippen molar-refractivity contribution >= 4 is 27.6 Å². The highest BCUT2D eigenvalue weighted by Crippen LogP contribution is 2.28. The monoisotopic (exact) mass is 531 g/mol.